The number of hydrogen-bond acceptors (Lipinski definition) is 3. The van der Waals surface area contributed by atoms with Gasteiger partial charge in [-0.25, -0.2) is 4.98 Å². The quantitative estimate of drug-likeness (QED) is 0.857. The van der Waals surface area contributed by atoms with Crippen LogP contribution in [0.4, 0.5) is 0 Å². The summed E-state index contributed by atoms with van der Waals surface area (Å²) in [6.45, 7) is 4.11. The highest BCUT2D eigenvalue weighted by atomic mass is 32.1. The van der Waals surface area contributed by atoms with Gasteiger partial charge in [-0.1, -0.05) is 37.3 Å². The minimum Gasteiger partial charge on any atom is -0.312 e. The van der Waals surface area contributed by atoms with E-state index in [-0.39, 0.29) is 0 Å². The molecule has 0 saturated heterocycles. The molecule has 0 saturated carbocycles. The first-order valence-electron chi connectivity index (χ1n) is 5.50. The summed E-state index contributed by atoms with van der Waals surface area (Å²) >= 11 is 1.73. The molecule has 1 unspecified atom stereocenters. The normalized spacial score (nSPS) is 12.6. The fourth-order valence-electron chi connectivity index (χ4n) is 1.59. The van der Waals surface area contributed by atoms with Gasteiger partial charge in [0.1, 0.15) is 0 Å². The fourth-order valence-corrected chi connectivity index (χ4v) is 2.29. The second-order valence-corrected chi connectivity index (χ2v) is 4.81. The molecule has 1 N–H and O–H groups in total. The largest absolute Gasteiger partial charge is 0.312 e. The molecular formula is C13H16N2S. The lowest BCUT2D eigenvalue weighted by molar-refractivity contribution is 0.613. The molecule has 1 atom stereocenters. The first kappa shape index (κ1) is 11.3. The topological polar surface area (TPSA) is 24.9 Å². The molecule has 0 bridgehead atoms. The molecular weight excluding hydrogens is 216 g/mol. The van der Waals surface area contributed by atoms with Gasteiger partial charge in [0.05, 0.1) is 5.01 Å². The minimum absolute atomic E-state index is 0.490. The van der Waals surface area contributed by atoms with Crippen molar-refractivity contribution in [3.8, 4) is 0 Å². The number of nitrogens with one attached hydrogen (secondary N) is 1. The molecule has 0 aliphatic heterocycles. The molecule has 16 heavy (non-hydrogen) atoms. The summed E-state index contributed by atoms with van der Waals surface area (Å²) in [5.41, 5.74) is 1.33. The van der Waals surface area contributed by atoms with Crippen LogP contribution in [0, 0.1) is 0 Å². The first-order chi connectivity index (χ1) is 7.86. The Kier molecular flexibility index (Phi) is 4.08. The van der Waals surface area contributed by atoms with Gasteiger partial charge in [-0.2, -0.15) is 0 Å². The number of rotatable bonds is 5. The Balaban J connectivity index is 1.76. The monoisotopic (exact) mass is 232 g/mol. The van der Waals surface area contributed by atoms with Crippen LogP contribution >= 0.6 is 11.3 Å². The molecule has 2 nitrogen and oxygen atoms in total. The highest BCUT2D eigenvalue weighted by Crippen LogP contribution is 2.16. The van der Waals surface area contributed by atoms with Crippen molar-refractivity contribution >= 4 is 11.3 Å². The highest BCUT2D eigenvalue weighted by Gasteiger charge is 2.06. The number of aromatic nitrogens is 1. The Labute approximate surface area is 100 Å². The Bertz CT molecular complexity index is 397. The van der Waals surface area contributed by atoms with Crippen molar-refractivity contribution in [3.05, 3.63) is 52.5 Å². The van der Waals surface area contributed by atoms with Crippen molar-refractivity contribution in [1.29, 1.82) is 0 Å². The van der Waals surface area contributed by atoms with Crippen LogP contribution < -0.4 is 5.32 Å². The van der Waals surface area contributed by atoms with Gasteiger partial charge in [0, 0.05) is 30.6 Å². The van der Waals surface area contributed by atoms with E-state index in [2.05, 4.69) is 41.5 Å². The van der Waals surface area contributed by atoms with E-state index in [0.717, 1.165) is 13.1 Å². The first-order valence-corrected chi connectivity index (χ1v) is 6.38. The Morgan fingerprint density at radius 1 is 1.31 bits per heavy atom. The molecule has 0 spiro atoms. The van der Waals surface area contributed by atoms with Gasteiger partial charge in [-0.15, -0.1) is 11.3 Å². The van der Waals surface area contributed by atoms with Crippen molar-refractivity contribution in [2.75, 3.05) is 6.54 Å². The molecule has 0 aliphatic carbocycles. The lowest BCUT2D eigenvalue weighted by Crippen LogP contribution is -2.19. The average molecular weight is 232 g/mol. The third-order valence-electron chi connectivity index (χ3n) is 2.50. The predicted molar refractivity (Wildman–Crippen MR) is 68.7 cm³/mol. The van der Waals surface area contributed by atoms with Crippen LogP contribution in [0.1, 0.15) is 23.4 Å². The Morgan fingerprint density at radius 2 is 2.12 bits per heavy atom. The van der Waals surface area contributed by atoms with Gasteiger partial charge in [0.25, 0.3) is 0 Å². The zero-order chi connectivity index (χ0) is 11.2. The second-order valence-electron chi connectivity index (χ2n) is 3.89. The molecule has 84 valence electrons. The van der Waals surface area contributed by atoms with Crippen LogP contribution in [0.15, 0.2) is 41.9 Å². The number of nitrogens with zero attached hydrogens (tertiary/aromatic N) is 1. The molecule has 0 fully saturated rings. The van der Waals surface area contributed by atoms with Crippen LogP contribution in [-0.4, -0.2) is 11.5 Å². The smallest absolute Gasteiger partial charge is 0.0965 e. The van der Waals surface area contributed by atoms with E-state index in [1.165, 1.54) is 10.6 Å². The Hall–Kier alpha value is -1.19. The van der Waals surface area contributed by atoms with Gasteiger partial charge in [0.15, 0.2) is 0 Å². The second kappa shape index (κ2) is 5.77. The summed E-state index contributed by atoms with van der Waals surface area (Å²) in [5.74, 6) is 0.490. The molecule has 1 aromatic carbocycles. The maximum Gasteiger partial charge on any atom is 0.0965 e. The molecule has 2 rings (SSSR count). The van der Waals surface area contributed by atoms with Crippen molar-refractivity contribution < 1.29 is 0 Å². The summed E-state index contributed by atoms with van der Waals surface area (Å²) in [5, 5.41) is 6.70. The number of hydrogen-bond donors (Lipinski definition) is 1. The van der Waals surface area contributed by atoms with Crippen LogP contribution in [-0.2, 0) is 6.54 Å². The third-order valence-corrected chi connectivity index (χ3v) is 3.50. The molecule has 0 amide bonds. The van der Waals surface area contributed by atoms with E-state index in [9.17, 15) is 0 Å². The molecule has 1 heterocycles. The zero-order valence-corrected chi connectivity index (χ0v) is 10.2. The van der Waals surface area contributed by atoms with Gasteiger partial charge < -0.3 is 5.32 Å². The average Bonchev–Trinajstić information content (AvgIpc) is 2.84. The molecule has 0 aliphatic rings. The third kappa shape index (κ3) is 3.15. The van der Waals surface area contributed by atoms with E-state index in [1.807, 2.05) is 17.6 Å². The van der Waals surface area contributed by atoms with E-state index in [4.69, 9.17) is 0 Å². The van der Waals surface area contributed by atoms with Gasteiger partial charge in [-0.3, -0.25) is 0 Å². The van der Waals surface area contributed by atoms with E-state index < -0.39 is 0 Å². The van der Waals surface area contributed by atoms with Gasteiger partial charge >= 0.3 is 0 Å². The SMILES string of the molecule is CC(CNCc1ccccc1)c1nccs1. The summed E-state index contributed by atoms with van der Waals surface area (Å²) in [4.78, 5) is 4.32. The predicted octanol–water partition coefficient (Wildman–Crippen LogP) is 3.04. The maximum absolute atomic E-state index is 4.32. The number of thiazole rings is 1. The van der Waals surface area contributed by atoms with Crippen molar-refractivity contribution in [1.82, 2.24) is 10.3 Å². The van der Waals surface area contributed by atoms with Crippen LogP contribution in [0.25, 0.3) is 0 Å². The lowest BCUT2D eigenvalue weighted by atomic mass is 10.2. The molecule has 0 radical (unpaired) electrons. The van der Waals surface area contributed by atoms with E-state index in [1.54, 1.807) is 11.3 Å². The summed E-state index contributed by atoms with van der Waals surface area (Å²) in [7, 11) is 0. The summed E-state index contributed by atoms with van der Waals surface area (Å²) in [6.07, 6.45) is 1.87. The molecule has 2 aromatic rings. The standard InChI is InChI=1S/C13H16N2S/c1-11(13-15-7-8-16-13)9-14-10-12-5-3-2-4-6-12/h2-8,11,14H,9-10H2,1H3. The molecule has 3 heteroatoms. The van der Waals surface area contributed by atoms with Crippen molar-refractivity contribution in [3.63, 3.8) is 0 Å². The van der Waals surface area contributed by atoms with Gasteiger partial charge in [-0.05, 0) is 5.56 Å². The van der Waals surface area contributed by atoms with Crippen molar-refractivity contribution in [2.24, 2.45) is 0 Å². The molecule has 1 aromatic heterocycles. The fraction of sp³-hybridized carbons (Fsp3) is 0.308. The summed E-state index contributed by atoms with van der Waals surface area (Å²) in [6, 6.07) is 10.5. The Morgan fingerprint density at radius 3 is 2.81 bits per heavy atom. The van der Waals surface area contributed by atoms with Crippen LogP contribution in [0.5, 0.6) is 0 Å². The minimum atomic E-state index is 0.490. The summed E-state index contributed by atoms with van der Waals surface area (Å²) < 4.78 is 0. The van der Waals surface area contributed by atoms with E-state index >= 15 is 0 Å². The number of benzene rings is 1. The van der Waals surface area contributed by atoms with Gasteiger partial charge in [0.2, 0.25) is 0 Å². The van der Waals surface area contributed by atoms with Crippen molar-refractivity contribution in [2.45, 2.75) is 19.4 Å². The highest BCUT2D eigenvalue weighted by molar-refractivity contribution is 7.09. The lowest BCUT2D eigenvalue weighted by Gasteiger charge is -2.09. The zero-order valence-electron chi connectivity index (χ0n) is 9.39. The maximum atomic E-state index is 4.32. The van der Waals surface area contributed by atoms with Crippen LogP contribution in [0.2, 0.25) is 0 Å². The van der Waals surface area contributed by atoms with E-state index in [0.29, 0.717) is 5.92 Å². The van der Waals surface area contributed by atoms with Crippen LogP contribution in [0.3, 0.4) is 0 Å².